The van der Waals surface area contributed by atoms with E-state index in [0.717, 1.165) is 5.56 Å². The smallest absolute Gasteiger partial charge is 0.295 e. The molecule has 1 amide bonds. The molecule has 0 aromatic heterocycles. The second-order valence-electron chi connectivity index (χ2n) is 9.47. The molecule has 0 spiro atoms. The number of ketones is 1. The van der Waals surface area contributed by atoms with Gasteiger partial charge in [-0.3, -0.25) is 9.59 Å². The van der Waals surface area contributed by atoms with E-state index in [1.54, 1.807) is 49.6 Å². The van der Waals surface area contributed by atoms with Gasteiger partial charge in [0.25, 0.3) is 11.7 Å². The van der Waals surface area contributed by atoms with E-state index in [-0.39, 0.29) is 17.9 Å². The van der Waals surface area contributed by atoms with E-state index in [1.165, 1.54) is 4.90 Å². The number of likely N-dealkylation sites (tertiary alicyclic amines) is 1. The molecule has 0 aliphatic carbocycles. The van der Waals surface area contributed by atoms with E-state index in [4.69, 9.17) is 14.2 Å². The summed E-state index contributed by atoms with van der Waals surface area (Å²) in [7, 11) is 1.56. The van der Waals surface area contributed by atoms with Crippen molar-refractivity contribution in [1.82, 2.24) is 4.90 Å². The molecule has 38 heavy (non-hydrogen) atoms. The molecule has 1 aliphatic rings. The fraction of sp³-hybridized carbons (Fsp3) is 0.290. The first kappa shape index (κ1) is 26.8. The lowest BCUT2D eigenvalue weighted by Gasteiger charge is -2.26. The maximum Gasteiger partial charge on any atom is 0.295 e. The molecular weight excluding hydrogens is 482 g/mol. The molecule has 7 heteroatoms. The maximum atomic E-state index is 13.4. The van der Waals surface area contributed by atoms with Gasteiger partial charge in [0.05, 0.1) is 38.5 Å². The zero-order valence-electron chi connectivity index (χ0n) is 22.1. The highest BCUT2D eigenvalue weighted by Crippen LogP contribution is 2.41. The van der Waals surface area contributed by atoms with Gasteiger partial charge in [0, 0.05) is 11.1 Å². The van der Waals surface area contributed by atoms with Crippen LogP contribution in [0.3, 0.4) is 0 Å². The molecule has 1 unspecified atom stereocenters. The van der Waals surface area contributed by atoms with Gasteiger partial charge >= 0.3 is 0 Å². The highest BCUT2D eigenvalue weighted by Gasteiger charge is 2.46. The Labute approximate surface area is 223 Å². The Balaban J connectivity index is 1.81. The van der Waals surface area contributed by atoms with E-state index < -0.39 is 17.7 Å². The van der Waals surface area contributed by atoms with E-state index in [2.05, 4.69) is 0 Å². The van der Waals surface area contributed by atoms with Gasteiger partial charge in [0.1, 0.15) is 23.0 Å². The van der Waals surface area contributed by atoms with E-state index in [9.17, 15) is 14.7 Å². The predicted octanol–water partition coefficient (Wildman–Crippen LogP) is 5.75. The van der Waals surface area contributed by atoms with E-state index in [1.807, 2.05) is 51.1 Å². The average Bonchev–Trinajstić information content (AvgIpc) is 3.17. The molecule has 0 bridgehead atoms. The molecule has 3 aromatic carbocycles. The SMILES string of the molecule is CCOc1ccc(C2/C(=C(/O)c3cccc(OCC(C)C)c3)C(=O)C(=O)N2Cc2ccccc2OC)cc1. The molecule has 1 atom stereocenters. The molecule has 7 nitrogen and oxygen atoms in total. The van der Waals surface area contributed by atoms with Crippen LogP contribution in [-0.4, -0.2) is 42.0 Å². The molecule has 3 aromatic rings. The Morgan fingerprint density at radius 3 is 2.37 bits per heavy atom. The first-order chi connectivity index (χ1) is 18.3. The predicted molar refractivity (Wildman–Crippen MR) is 145 cm³/mol. The van der Waals surface area contributed by atoms with Gasteiger partial charge in [-0.05, 0) is 48.7 Å². The summed E-state index contributed by atoms with van der Waals surface area (Å²) in [6.07, 6.45) is 0. The van der Waals surface area contributed by atoms with Crippen molar-refractivity contribution in [2.45, 2.75) is 33.4 Å². The zero-order valence-corrected chi connectivity index (χ0v) is 22.1. The third-order valence-electron chi connectivity index (χ3n) is 6.27. The fourth-order valence-electron chi connectivity index (χ4n) is 4.47. The summed E-state index contributed by atoms with van der Waals surface area (Å²) in [6, 6.07) is 20.7. The van der Waals surface area contributed by atoms with Gasteiger partial charge in [0.15, 0.2) is 0 Å². The topological polar surface area (TPSA) is 85.3 Å². The molecule has 198 valence electrons. The molecule has 1 saturated heterocycles. The minimum Gasteiger partial charge on any atom is -0.507 e. The monoisotopic (exact) mass is 515 g/mol. The van der Waals surface area contributed by atoms with Crippen LogP contribution in [0.4, 0.5) is 0 Å². The van der Waals surface area contributed by atoms with Gasteiger partial charge in [-0.2, -0.15) is 0 Å². The van der Waals surface area contributed by atoms with Crippen molar-refractivity contribution in [3.8, 4) is 17.2 Å². The van der Waals surface area contributed by atoms with Crippen LogP contribution in [0.5, 0.6) is 17.2 Å². The lowest BCUT2D eigenvalue weighted by atomic mass is 9.95. The number of methoxy groups -OCH3 is 1. The number of ether oxygens (including phenoxy) is 3. The van der Waals surface area contributed by atoms with Crippen LogP contribution >= 0.6 is 0 Å². The van der Waals surface area contributed by atoms with Crippen molar-refractivity contribution in [3.05, 3.63) is 95.1 Å². The lowest BCUT2D eigenvalue weighted by molar-refractivity contribution is -0.140. The molecule has 1 aliphatic heterocycles. The Morgan fingerprint density at radius 2 is 1.68 bits per heavy atom. The standard InChI is InChI=1S/C31H33NO6/c1-5-37-24-15-13-21(14-16-24)28-27(29(33)22-10-8-11-25(17-22)38-19-20(2)3)30(34)31(35)32(28)18-23-9-6-7-12-26(23)36-4/h6-17,20,28,33H,5,18-19H2,1-4H3/b29-27-. The summed E-state index contributed by atoms with van der Waals surface area (Å²) < 4.78 is 16.9. The van der Waals surface area contributed by atoms with Crippen LogP contribution in [-0.2, 0) is 16.1 Å². The fourth-order valence-corrected chi connectivity index (χ4v) is 4.47. The van der Waals surface area contributed by atoms with Crippen molar-refractivity contribution in [1.29, 1.82) is 0 Å². The van der Waals surface area contributed by atoms with Crippen molar-refractivity contribution >= 4 is 17.4 Å². The highest BCUT2D eigenvalue weighted by molar-refractivity contribution is 6.46. The average molecular weight is 516 g/mol. The van der Waals surface area contributed by atoms with Crippen LogP contribution in [0.2, 0.25) is 0 Å². The Morgan fingerprint density at radius 1 is 0.947 bits per heavy atom. The first-order valence-corrected chi connectivity index (χ1v) is 12.7. The summed E-state index contributed by atoms with van der Waals surface area (Å²) in [6.45, 7) is 7.14. The number of carbonyl (C=O) groups excluding carboxylic acids is 2. The number of hydrogen-bond donors (Lipinski definition) is 1. The number of amides is 1. The van der Waals surface area contributed by atoms with Gasteiger partial charge in [-0.1, -0.05) is 56.3 Å². The number of hydrogen-bond acceptors (Lipinski definition) is 6. The van der Waals surface area contributed by atoms with Crippen LogP contribution in [0.25, 0.3) is 5.76 Å². The minimum absolute atomic E-state index is 0.0232. The number of benzene rings is 3. The van der Waals surface area contributed by atoms with Crippen molar-refractivity contribution < 1.29 is 28.9 Å². The van der Waals surface area contributed by atoms with Crippen molar-refractivity contribution in [2.75, 3.05) is 20.3 Å². The quantitative estimate of drug-likeness (QED) is 0.210. The number of rotatable bonds is 10. The third kappa shape index (κ3) is 5.67. The van der Waals surface area contributed by atoms with Gasteiger partial charge in [0.2, 0.25) is 0 Å². The van der Waals surface area contributed by atoms with E-state index >= 15 is 0 Å². The summed E-state index contributed by atoms with van der Waals surface area (Å²) in [4.78, 5) is 28.3. The number of aliphatic hydroxyl groups is 1. The normalized spacial score (nSPS) is 16.7. The number of para-hydroxylation sites is 1. The zero-order chi connectivity index (χ0) is 27.2. The van der Waals surface area contributed by atoms with Crippen LogP contribution in [0, 0.1) is 5.92 Å². The van der Waals surface area contributed by atoms with Gasteiger partial charge in [-0.15, -0.1) is 0 Å². The van der Waals surface area contributed by atoms with Crippen molar-refractivity contribution in [2.24, 2.45) is 5.92 Å². The molecular formula is C31H33NO6. The van der Waals surface area contributed by atoms with Gasteiger partial charge < -0.3 is 24.2 Å². The van der Waals surface area contributed by atoms with Crippen LogP contribution < -0.4 is 14.2 Å². The number of aliphatic hydroxyl groups excluding tert-OH is 1. The maximum absolute atomic E-state index is 13.4. The van der Waals surface area contributed by atoms with E-state index in [0.29, 0.717) is 47.5 Å². The number of carbonyl (C=O) groups is 2. The molecule has 0 radical (unpaired) electrons. The number of nitrogens with zero attached hydrogens (tertiary/aromatic N) is 1. The second kappa shape index (κ2) is 11.9. The minimum atomic E-state index is -0.809. The summed E-state index contributed by atoms with van der Waals surface area (Å²) >= 11 is 0. The Bertz CT molecular complexity index is 1330. The van der Waals surface area contributed by atoms with Crippen LogP contribution in [0.15, 0.2) is 78.4 Å². The molecule has 1 heterocycles. The van der Waals surface area contributed by atoms with Gasteiger partial charge in [-0.25, -0.2) is 0 Å². The van der Waals surface area contributed by atoms with Crippen molar-refractivity contribution in [3.63, 3.8) is 0 Å². The molecule has 0 saturated carbocycles. The summed E-state index contributed by atoms with van der Waals surface area (Å²) in [5.41, 5.74) is 1.85. The lowest BCUT2D eigenvalue weighted by Crippen LogP contribution is -2.29. The summed E-state index contributed by atoms with van der Waals surface area (Å²) in [5.74, 6) is 0.492. The van der Waals surface area contributed by atoms with Crippen LogP contribution in [0.1, 0.15) is 43.5 Å². The molecule has 4 rings (SSSR count). The Kier molecular flexibility index (Phi) is 8.36. The third-order valence-corrected chi connectivity index (χ3v) is 6.27. The summed E-state index contributed by atoms with van der Waals surface area (Å²) in [5, 5.41) is 11.4. The number of Topliss-reactive ketones (excluding diaryl/α,β-unsaturated/α-hetero) is 1. The first-order valence-electron chi connectivity index (χ1n) is 12.7. The molecule has 1 N–H and O–H groups in total. The largest absolute Gasteiger partial charge is 0.507 e. The Hall–Kier alpha value is -4.26. The molecule has 1 fully saturated rings. The highest BCUT2D eigenvalue weighted by atomic mass is 16.5. The second-order valence-corrected chi connectivity index (χ2v) is 9.47.